The number of aliphatic hydroxyl groups is 1. The Kier molecular flexibility index (Phi) is 2.77. The van der Waals surface area contributed by atoms with Crippen molar-refractivity contribution in [2.24, 2.45) is 0 Å². The van der Waals surface area contributed by atoms with E-state index in [0.29, 0.717) is 0 Å². The van der Waals surface area contributed by atoms with Crippen LogP contribution in [0.5, 0.6) is 0 Å². The lowest BCUT2D eigenvalue weighted by atomic mass is 10.0. The van der Waals surface area contributed by atoms with Crippen molar-refractivity contribution in [2.75, 3.05) is 0 Å². The Morgan fingerprint density at radius 3 is 2.89 bits per heavy atom. The molecule has 0 saturated heterocycles. The molecule has 0 aliphatic rings. The number of rotatable bonds is 2. The Morgan fingerprint density at radius 2 is 2.11 bits per heavy atom. The zero-order valence-electron chi connectivity index (χ0n) is 9.74. The first-order chi connectivity index (χ1) is 8.77. The third kappa shape index (κ3) is 1.77. The predicted octanol–water partition coefficient (Wildman–Crippen LogP) is 2.48. The summed E-state index contributed by atoms with van der Waals surface area (Å²) in [5, 5.41) is 15.4. The Hall–Kier alpha value is -1.85. The molecule has 2 heterocycles. The van der Waals surface area contributed by atoms with Crippen LogP contribution in [0.25, 0.3) is 10.9 Å². The molecule has 90 valence electrons. The van der Waals surface area contributed by atoms with Gasteiger partial charge in [0.05, 0.1) is 16.1 Å². The molecule has 0 amide bonds. The summed E-state index contributed by atoms with van der Waals surface area (Å²) >= 11 is 1.23. The molecule has 2 aromatic heterocycles. The highest BCUT2D eigenvalue weighted by Gasteiger charge is 2.18. The van der Waals surface area contributed by atoms with Gasteiger partial charge in [-0.3, -0.25) is 4.98 Å². The predicted molar refractivity (Wildman–Crippen MR) is 70.5 cm³/mol. The number of nitrogens with zero attached hydrogens (tertiary/aromatic N) is 3. The molecule has 1 aromatic carbocycles. The third-order valence-corrected chi connectivity index (χ3v) is 3.79. The summed E-state index contributed by atoms with van der Waals surface area (Å²) in [5.74, 6) is 0. The first-order valence-corrected chi connectivity index (χ1v) is 6.35. The zero-order valence-corrected chi connectivity index (χ0v) is 10.6. The maximum absolute atomic E-state index is 10.5. The molecule has 1 atom stereocenters. The van der Waals surface area contributed by atoms with Crippen molar-refractivity contribution in [1.29, 1.82) is 0 Å². The highest BCUT2D eigenvalue weighted by Crippen LogP contribution is 2.30. The molecule has 5 heteroatoms. The van der Waals surface area contributed by atoms with E-state index in [1.807, 2.05) is 37.3 Å². The largest absolute Gasteiger partial charge is 0.383 e. The van der Waals surface area contributed by atoms with E-state index in [1.165, 1.54) is 11.5 Å². The fourth-order valence-electron chi connectivity index (χ4n) is 2.00. The highest BCUT2D eigenvalue weighted by atomic mass is 32.1. The van der Waals surface area contributed by atoms with E-state index in [1.54, 1.807) is 6.20 Å². The van der Waals surface area contributed by atoms with Crippen LogP contribution in [-0.4, -0.2) is 19.7 Å². The number of aryl methyl sites for hydroxylation is 1. The van der Waals surface area contributed by atoms with Crippen LogP contribution in [0.3, 0.4) is 0 Å². The summed E-state index contributed by atoms with van der Waals surface area (Å²) in [6.45, 7) is 1.85. The molecular formula is C13H11N3OS. The molecular weight excluding hydrogens is 246 g/mol. The fourth-order valence-corrected chi connectivity index (χ4v) is 2.65. The van der Waals surface area contributed by atoms with Crippen LogP contribution < -0.4 is 0 Å². The molecule has 0 fully saturated rings. The van der Waals surface area contributed by atoms with Gasteiger partial charge in [0.1, 0.15) is 6.10 Å². The summed E-state index contributed by atoms with van der Waals surface area (Å²) in [7, 11) is 0. The lowest BCUT2D eigenvalue weighted by Crippen LogP contribution is -2.00. The molecule has 0 saturated carbocycles. The van der Waals surface area contributed by atoms with E-state index in [9.17, 15) is 5.11 Å². The van der Waals surface area contributed by atoms with Gasteiger partial charge in [-0.1, -0.05) is 22.7 Å². The molecule has 3 aromatic rings. The molecule has 18 heavy (non-hydrogen) atoms. The Balaban J connectivity index is 2.18. The second kappa shape index (κ2) is 4.44. The van der Waals surface area contributed by atoms with Gasteiger partial charge in [0.15, 0.2) is 0 Å². The maximum atomic E-state index is 10.5. The van der Waals surface area contributed by atoms with E-state index < -0.39 is 6.10 Å². The Labute approximate surface area is 108 Å². The van der Waals surface area contributed by atoms with E-state index in [0.717, 1.165) is 27.0 Å². The average molecular weight is 257 g/mol. The molecule has 0 aliphatic carbocycles. The Morgan fingerprint density at radius 1 is 1.22 bits per heavy atom. The van der Waals surface area contributed by atoms with Crippen molar-refractivity contribution in [3.05, 3.63) is 52.7 Å². The normalized spacial score (nSPS) is 12.8. The molecule has 0 radical (unpaired) electrons. The number of pyridine rings is 1. The number of aromatic nitrogens is 3. The monoisotopic (exact) mass is 257 g/mol. The number of fused-ring (bicyclic) bond motifs is 1. The van der Waals surface area contributed by atoms with Crippen LogP contribution in [0.4, 0.5) is 0 Å². The second-order valence-corrected chi connectivity index (χ2v) is 4.83. The molecule has 3 rings (SSSR count). The first-order valence-electron chi connectivity index (χ1n) is 5.58. The van der Waals surface area contributed by atoms with E-state index in [4.69, 9.17) is 0 Å². The average Bonchev–Trinajstić information content (AvgIpc) is 2.83. The summed E-state index contributed by atoms with van der Waals surface area (Å²) in [6.07, 6.45) is 1.05. The van der Waals surface area contributed by atoms with Gasteiger partial charge in [-0.2, -0.15) is 0 Å². The van der Waals surface area contributed by atoms with Crippen LogP contribution in [0.2, 0.25) is 0 Å². The van der Waals surface area contributed by atoms with Gasteiger partial charge in [-0.25, -0.2) is 0 Å². The van der Waals surface area contributed by atoms with Crippen molar-refractivity contribution >= 4 is 22.4 Å². The zero-order chi connectivity index (χ0) is 12.5. The van der Waals surface area contributed by atoms with Crippen LogP contribution in [-0.2, 0) is 0 Å². The maximum Gasteiger partial charge on any atom is 0.117 e. The summed E-state index contributed by atoms with van der Waals surface area (Å²) in [5.41, 5.74) is 2.49. The van der Waals surface area contributed by atoms with Crippen LogP contribution in [0.1, 0.15) is 22.2 Å². The molecule has 0 aliphatic heterocycles. The third-order valence-electron chi connectivity index (χ3n) is 2.91. The summed E-state index contributed by atoms with van der Waals surface area (Å²) in [4.78, 5) is 5.07. The molecule has 0 bridgehead atoms. The molecule has 0 spiro atoms. The number of benzene rings is 1. The smallest absolute Gasteiger partial charge is 0.117 e. The van der Waals surface area contributed by atoms with Gasteiger partial charge >= 0.3 is 0 Å². The lowest BCUT2D eigenvalue weighted by Gasteiger charge is -2.11. The molecule has 4 nitrogen and oxygen atoms in total. The topological polar surface area (TPSA) is 58.9 Å². The van der Waals surface area contributed by atoms with E-state index in [-0.39, 0.29) is 0 Å². The minimum Gasteiger partial charge on any atom is -0.383 e. The molecule has 1 N–H and O–H groups in total. The van der Waals surface area contributed by atoms with Gasteiger partial charge in [-0.05, 0) is 36.2 Å². The Bertz CT molecular complexity index is 690. The number of hydrogen-bond acceptors (Lipinski definition) is 5. The number of aliphatic hydroxyl groups excluding tert-OH is 1. The van der Waals surface area contributed by atoms with Gasteiger partial charge in [0, 0.05) is 11.6 Å². The van der Waals surface area contributed by atoms with Crippen molar-refractivity contribution in [3.63, 3.8) is 0 Å². The van der Waals surface area contributed by atoms with Crippen LogP contribution in [0.15, 0.2) is 36.5 Å². The van der Waals surface area contributed by atoms with E-state index in [2.05, 4.69) is 14.6 Å². The minimum absolute atomic E-state index is 0.696. The van der Waals surface area contributed by atoms with Crippen molar-refractivity contribution < 1.29 is 5.11 Å². The molecule has 1 unspecified atom stereocenters. The number of hydrogen-bond donors (Lipinski definition) is 1. The van der Waals surface area contributed by atoms with Crippen LogP contribution >= 0.6 is 11.5 Å². The SMILES string of the molecule is Cc1nnsc1C(O)c1cccc2ncccc12. The van der Waals surface area contributed by atoms with Crippen LogP contribution in [0, 0.1) is 6.92 Å². The fraction of sp³-hybridized carbons (Fsp3) is 0.154. The standard InChI is InChI=1S/C13H11N3OS/c1-8-13(18-16-15-8)12(17)10-4-2-6-11-9(10)5-3-7-14-11/h2-7,12,17H,1H3. The van der Waals surface area contributed by atoms with Gasteiger partial charge in [0.25, 0.3) is 0 Å². The van der Waals surface area contributed by atoms with Gasteiger partial charge in [0.2, 0.25) is 0 Å². The first kappa shape index (κ1) is 11.3. The summed E-state index contributed by atoms with van der Waals surface area (Å²) < 4.78 is 3.86. The highest BCUT2D eigenvalue weighted by molar-refractivity contribution is 7.05. The van der Waals surface area contributed by atoms with Gasteiger partial charge in [-0.15, -0.1) is 5.10 Å². The minimum atomic E-state index is -0.696. The van der Waals surface area contributed by atoms with Crippen molar-refractivity contribution in [3.8, 4) is 0 Å². The van der Waals surface area contributed by atoms with E-state index >= 15 is 0 Å². The summed E-state index contributed by atoms with van der Waals surface area (Å²) in [6, 6.07) is 9.58. The lowest BCUT2D eigenvalue weighted by molar-refractivity contribution is 0.224. The second-order valence-electron chi connectivity index (χ2n) is 4.04. The van der Waals surface area contributed by atoms with Crippen molar-refractivity contribution in [2.45, 2.75) is 13.0 Å². The van der Waals surface area contributed by atoms with Crippen molar-refractivity contribution in [1.82, 2.24) is 14.6 Å². The quantitative estimate of drug-likeness (QED) is 0.766. The van der Waals surface area contributed by atoms with Gasteiger partial charge < -0.3 is 5.11 Å².